The van der Waals surface area contributed by atoms with Crippen LogP contribution in [0.4, 0.5) is 18.9 Å². The molecule has 0 bridgehead atoms. The zero-order chi connectivity index (χ0) is 23.6. The first-order valence-electron chi connectivity index (χ1n) is 10.1. The predicted molar refractivity (Wildman–Crippen MR) is 117 cm³/mol. The maximum Gasteiger partial charge on any atom is 0.573 e. The summed E-state index contributed by atoms with van der Waals surface area (Å²) in [5.74, 6) is -1.50. The van der Waals surface area contributed by atoms with Gasteiger partial charge in [0, 0.05) is 11.8 Å². The monoisotopic (exact) mass is 452 g/mol. The molecule has 1 aliphatic rings. The van der Waals surface area contributed by atoms with Crippen LogP contribution >= 0.6 is 0 Å². The highest BCUT2D eigenvalue weighted by Gasteiger charge is 2.39. The Morgan fingerprint density at radius 2 is 1.58 bits per heavy atom. The molecule has 3 aromatic rings. The minimum absolute atomic E-state index is 0.0116. The van der Waals surface area contributed by atoms with Crippen LogP contribution in [-0.4, -0.2) is 23.1 Å². The number of benzene rings is 3. The van der Waals surface area contributed by atoms with Crippen molar-refractivity contribution in [3.05, 3.63) is 101 Å². The molecule has 1 heterocycles. The van der Waals surface area contributed by atoms with Crippen LogP contribution < -0.4 is 10.1 Å². The third-order valence-electron chi connectivity index (χ3n) is 5.03. The van der Waals surface area contributed by atoms with E-state index in [1.807, 2.05) is 31.2 Å². The van der Waals surface area contributed by atoms with Gasteiger partial charge in [0.05, 0.1) is 12.1 Å². The number of nitrogens with one attached hydrogen (secondary N) is 1. The number of anilines is 1. The molecule has 4 rings (SSSR count). The summed E-state index contributed by atoms with van der Waals surface area (Å²) in [6.07, 6.45) is -4.85. The van der Waals surface area contributed by atoms with Gasteiger partial charge in [-0.2, -0.15) is 0 Å². The van der Waals surface area contributed by atoms with Crippen LogP contribution in [0.25, 0.3) is 5.57 Å². The number of hydrogen-bond donors (Lipinski definition) is 1. The van der Waals surface area contributed by atoms with Crippen LogP contribution in [0.1, 0.15) is 16.7 Å². The van der Waals surface area contributed by atoms with Crippen LogP contribution in [0.2, 0.25) is 0 Å². The Hall–Kier alpha value is -4.07. The van der Waals surface area contributed by atoms with E-state index < -0.39 is 23.9 Å². The minimum Gasteiger partial charge on any atom is -0.406 e. The van der Waals surface area contributed by atoms with Gasteiger partial charge in [-0.15, -0.1) is 13.2 Å². The Morgan fingerprint density at radius 3 is 2.24 bits per heavy atom. The fourth-order valence-electron chi connectivity index (χ4n) is 3.50. The molecule has 1 aliphatic heterocycles. The number of carbonyl (C=O) groups is 2. The van der Waals surface area contributed by atoms with Gasteiger partial charge in [-0.25, -0.2) is 0 Å². The molecule has 0 saturated carbocycles. The van der Waals surface area contributed by atoms with Crippen LogP contribution in [-0.2, 0) is 16.1 Å². The van der Waals surface area contributed by atoms with Crippen molar-refractivity contribution in [2.75, 3.05) is 5.32 Å². The Balaban J connectivity index is 1.69. The molecule has 168 valence electrons. The highest BCUT2D eigenvalue weighted by molar-refractivity contribution is 6.36. The highest BCUT2D eigenvalue weighted by Crippen LogP contribution is 2.33. The number of halogens is 3. The van der Waals surface area contributed by atoms with Gasteiger partial charge in [0.2, 0.25) is 0 Å². The molecule has 3 aromatic carbocycles. The van der Waals surface area contributed by atoms with E-state index in [0.717, 1.165) is 28.2 Å². The zero-order valence-electron chi connectivity index (χ0n) is 17.5. The molecule has 0 atom stereocenters. The predicted octanol–water partition coefficient (Wildman–Crippen LogP) is 5.29. The van der Waals surface area contributed by atoms with Crippen molar-refractivity contribution in [3.63, 3.8) is 0 Å². The largest absolute Gasteiger partial charge is 0.573 e. The lowest BCUT2D eigenvalue weighted by Crippen LogP contribution is -2.32. The number of hydrogen-bond acceptors (Lipinski definition) is 4. The number of rotatable bonds is 6. The fraction of sp³-hybridized carbons (Fsp3) is 0.120. The second kappa shape index (κ2) is 8.82. The number of imide groups is 1. The molecule has 0 radical (unpaired) electrons. The topological polar surface area (TPSA) is 58.6 Å². The molecular weight excluding hydrogens is 433 g/mol. The average Bonchev–Trinajstić information content (AvgIpc) is 2.99. The van der Waals surface area contributed by atoms with Gasteiger partial charge in [0.15, 0.2) is 0 Å². The summed E-state index contributed by atoms with van der Waals surface area (Å²) in [7, 11) is 0. The summed E-state index contributed by atoms with van der Waals surface area (Å²) in [6.45, 7) is 2.00. The average molecular weight is 452 g/mol. The van der Waals surface area contributed by atoms with Gasteiger partial charge >= 0.3 is 6.36 Å². The Labute approximate surface area is 188 Å². The van der Waals surface area contributed by atoms with Crippen LogP contribution in [0.15, 0.2) is 84.6 Å². The first-order valence-corrected chi connectivity index (χ1v) is 10.1. The number of alkyl halides is 3. The van der Waals surface area contributed by atoms with Gasteiger partial charge in [0.1, 0.15) is 11.4 Å². The smallest absolute Gasteiger partial charge is 0.406 e. The van der Waals surface area contributed by atoms with E-state index in [1.165, 1.54) is 12.1 Å². The van der Waals surface area contributed by atoms with Crippen molar-refractivity contribution >= 4 is 23.1 Å². The molecule has 0 saturated heterocycles. The molecule has 0 aliphatic carbocycles. The first-order chi connectivity index (χ1) is 15.7. The highest BCUT2D eigenvalue weighted by atomic mass is 19.4. The summed E-state index contributed by atoms with van der Waals surface area (Å²) >= 11 is 0. The standard InChI is InChI=1S/C25H19F3N2O3/c1-16-10-12-17(13-11-16)15-30-23(31)21(18-6-3-2-4-7-18)22(24(30)32)29-19-8-5-9-20(14-19)33-25(26,27)28/h2-14,29H,15H2,1H3. The first kappa shape index (κ1) is 22.1. The molecule has 0 aromatic heterocycles. The van der Waals surface area contributed by atoms with Crippen molar-refractivity contribution in [3.8, 4) is 5.75 Å². The van der Waals surface area contributed by atoms with E-state index in [0.29, 0.717) is 5.56 Å². The minimum atomic E-state index is -4.85. The number of nitrogens with zero attached hydrogens (tertiary/aromatic N) is 1. The molecule has 5 nitrogen and oxygen atoms in total. The normalized spacial score (nSPS) is 14.1. The van der Waals surface area contributed by atoms with E-state index >= 15 is 0 Å². The van der Waals surface area contributed by atoms with Crippen molar-refractivity contribution < 1.29 is 27.5 Å². The van der Waals surface area contributed by atoms with E-state index in [9.17, 15) is 22.8 Å². The molecular formula is C25H19F3N2O3. The summed E-state index contributed by atoms with van der Waals surface area (Å²) in [6, 6.07) is 21.2. The second-order valence-electron chi connectivity index (χ2n) is 7.50. The number of amides is 2. The Morgan fingerprint density at radius 1 is 0.879 bits per heavy atom. The molecule has 0 unspecified atom stereocenters. The molecule has 0 spiro atoms. The maximum absolute atomic E-state index is 13.3. The van der Waals surface area contributed by atoms with Gasteiger partial charge < -0.3 is 10.1 Å². The zero-order valence-corrected chi connectivity index (χ0v) is 17.5. The third-order valence-corrected chi connectivity index (χ3v) is 5.03. The van der Waals surface area contributed by atoms with Crippen molar-refractivity contribution in [2.45, 2.75) is 19.8 Å². The van der Waals surface area contributed by atoms with Gasteiger partial charge in [-0.3, -0.25) is 14.5 Å². The number of aryl methyl sites for hydroxylation is 1. The van der Waals surface area contributed by atoms with Crippen molar-refractivity contribution in [1.82, 2.24) is 4.90 Å². The summed E-state index contributed by atoms with van der Waals surface area (Å²) in [5, 5.41) is 2.84. The number of ether oxygens (including phenoxy) is 1. The molecule has 8 heteroatoms. The van der Waals surface area contributed by atoms with E-state index in [1.54, 1.807) is 30.3 Å². The van der Waals surface area contributed by atoms with Crippen LogP contribution in [0.5, 0.6) is 5.75 Å². The lowest BCUT2D eigenvalue weighted by molar-refractivity contribution is -0.274. The van der Waals surface area contributed by atoms with Crippen LogP contribution in [0, 0.1) is 6.92 Å². The van der Waals surface area contributed by atoms with Gasteiger partial charge in [-0.05, 0) is 30.2 Å². The van der Waals surface area contributed by atoms with Gasteiger partial charge in [-0.1, -0.05) is 66.2 Å². The molecule has 33 heavy (non-hydrogen) atoms. The van der Waals surface area contributed by atoms with Gasteiger partial charge in [0.25, 0.3) is 11.8 Å². The number of carbonyl (C=O) groups excluding carboxylic acids is 2. The van der Waals surface area contributed by atoms with E-state index in [4.69, 9.17) is 0 Å². The molecule has 2 amide bonds. The second-order valence-corrected chi connectivity index (χ2v) is 7.50. The SMILES string of the molecule is Cc1ccc(CN2C(=O)C(Nc3cccc(OC(F)(F)F)c3)=C(c3ccccc3)C2=O)cc1. The van der Waals surface area contributed by atoms with Crippen molar-refractivity contribution in [1.29, 1.82) is 0 Å². The molecule has 0 fully saturated rings. The maximum atomic E-state index is 13.3. The van der Waals surface area contributed by atoms with E-state index in [-0.39, 0.29) is 23.5 Å². The summed E-state index contributed by atoms with van der Waals surface area (Å²) in [5.41, 5.74) is 2.66. The summed E-state index contributed by atoms with van der Waals surface area (Å²) in [4.78, 5) is 27.7. The van der Waals surface area contributed by atoms with Crippen molar-refractivity contribution in [2.24, 2.45) is 0 Å². The Bertz CT molecular complexity index is 1220. The molecule has 1 N–H and O–H groups in total. The quantitative estimate of drug-likeness (QED) is 0.517. The van der Waals surface area contributed by atoms with E-state index in [2.05, 4.69) is 10.1 Å². The van der Waals surface area contributed by atoms with Crippen LogP contribution in [0.3, 0.4) is 0 Å². The summed E-state index contributed by atoms with van der Waals surface area (Å²) < 4.78 is 41.8. The lowest BCUT2D eigenvalue weighted by Gasteiger charge is -2.16. The third kappa shape index (κ3) is 5.06. The Kier molecular flexibility index (Phi) is 5.91. The lowest BCUT2D eigenvalue weighted by atomic mass is 10.0. The fourth-order valence-corrected chi connectivity index (χ4v) is 3.50.